The van der Waals surface area contributed by atoms with Crippen LogP contribution >= 0.6 is 22.7 Å². The predicted octanol–water partition coefficient (Wildman–Crippen LogP) is 2.69. The van der Waals surface area contributed by atoms with Gasteiger partial charge in [0.05, 0.1) is 4.88 Å². The average molecular weight is 234 g/mol. The number of thiazole rings is 1. The van der Waals surface area contributed by atoms with Crippen LogP contribution < -0.4 is 0 Å². The van der Waals surface area contributed by atoms with Crippen molar-refractivity contribution < 1.29 is 4.79 Å². The Morgan fingerprint density at radius 3 is 3.07 bits per heavy atom. The maximum absolute atomic E-state index is 12.0. The van der Waals surface area contributed by atoms with Crippen LogP contribution in [-0.4, -0.2) is 15.2 Å². The van der Waals surface area contributed by atoms with E-state index in [4.69, 9.17) is 0 Å². The molecule has 0 spiro atoms. The Balaban J connectivity index is 2.15. The van der Waals surface area contributed by atoms with Gasteiger partial charge in [0.2, 0.25) is 5.78 Å². The van der Waals surface area contributed by atoms with Gasteiger partial charge in [-0.25, -0.2) is 4.98 Å². The number of hydrogen-bond donors (Lipinski definition) is 0. The summed E-state index contributed by atoms with van der Waals surface area (Å²) in [5.74, 6) is 0.00921. The lowest BCUT2D eigenvalue weighted by Crippen LogP contribution is -1.98. The van der Waals surface area contributed by atoms with Crippen molar-refractivity contribution in [3.05, 3.63) is 46.0 Å². The zero-order valence-electron chi connectivity index (χ0n) is 7.58. The molecule has 0 aliphatic heterocycles. The Morgan fingerprint density at radius 1 is 1.33 bits per heavy atom. The Morgan fingerprint density at radius 2 is 2.27 bits per heavy atom. The minimum atomic E-state index is 0.00921. The lowest BCUT2D eigenvalue weighted by Gasteiger charge is -1.91. The molecule has 3 aromatic rings. The van der Waals surface area contributed by atoms with Crippen molar-refractivity contribution in [2.45, 2.75) is 0 Å². The molecule has 74 valence electrons. The number of aromatic nitrogens is 2. The van der Waals surface area contributed by atoms with E-state index in [9.17, 15) is 4.79 Å². The summed E-state index contributed by atoms with van der Waals surface area (Å²) in [5, 5.41) is 3.84. The van der Waals surface area contributed by atoms with E-state index in [0.29, 0.717) is 5.69 Å². The third-order valence-corrected chi connectivity index (χ3v) is 3.86. The molecule has 3 nitrogen and oxygen atoms in total. The number of fused-ring (bicyclic) bond motifs is 1. The van der Waals surface area contributed by atoms with Crippen molar-refractivity contribution in [3.63, 3.8) is 0 Å². The molecule has 3 rings (SSSR count). The quantitative estimate of drug-likeness (QED) is 0.639. The van der Waals surface area contributed by atoms with Gasteiger partial charge in [-0.15, -0.1) is 22.7 Å². The van der Waals surface area contributed by atoms with Gasteiger partial charge in [0, 0.05) is 11.6 Å². The molecule has 0 atom stereocenters. The fraction of sp³-hybridized carbons (Fsp3) is 0. The molecule has 5 heteroatoms. The second kappa shape index (κ2) is 3.29. The smallest absolute Gasteiger partial charge is 0.224 e. The van der Waals surface area contributed by atoms with Crippen LogP contribution in [0, 0.1) is 0 Å². The fourth-order valence-corrected chi connectivity index (χ4v) is 2.89. The van der Waals surface area contributed by atoms with Crippen LogP contribution in [0.2, 0.25) is 0 Å². The van der Waals surface area contributed by atoms with Crippen molar-refractivity contribution in [3.8, 4) is 0 Å². The molecule has 15 heavy (non-hydrogen) atoms. The molecule has 0 aliphatic rings. The molecule has 0 aliphatic carbocycles. The van der Waals surface area contributed by atoms with Crippen molar-refractivity contribution in [2.24, 2.45) is 0 Å². The van der Waals surface area contributed by atoms with E-state index in [0.717, 1.165) is 9.71 Å². The molecule has 0 unspecified atom stereocenters. The van der Waals surface area contributed by atoms with Crippen LogP contribution in [0.1, 0.15) is 15.4 Å². The van der Waals surface area contributed by atoms with Gasteiger partial charge in [-0.05, 0) is 11.4 Å². The fourth-order valence-electron chi connectivity index (χ4n) is 1.41. The lowest BCUT2D eigenvalue weighted by molar-refractivity contribution is 0.104. The summed E-state index contributed by atoms with van der Waals surface area (Å²) in [5.41, 5.74) is 0.549. The van der Waals surface area contributed by atoms with Crippen molar-refractivity contribution in [1.29, 1.82) is 0 Å². The molecular weight excluding hydrogens is 228 g/mol. The van der Waals surface area contributed by atoms with Gasteiger partial charge in [-0.2, -0.15) is 0 Å². The standard InChI is InChI=1S/C10H6N2OS2/c13-9(7-2-1-4-14-7)8-10-12(6-11-8)3-5-15-10/h1-6H. The van der Waals surface area contributed by atoms with Gasteiger partial charge in [-0.3, -0.25) is 9.20 Å². The number of rotatable bonds is 2. The minimum absolute atomic E-state index is 0.00921. The van der Waals surface area contributed by atoms with Gasteiger partial charge in [0.25, 0.3) is 0 Å². The molecule has 3 aromatic heterocycles. The molecule has 0 aromatic carbocycles. The first-order chi connectivity index (χ1) is 7.36. The molecule has 0 fully saturated rings. The zero-order chi connectivity index (χ0) is 10.3. The molecule has 0 amide bonds. The summed E-state index contributed by atoms with van der Waals surface area (Å²) in [7, 11) is 0. The van der Waals surface area contributed by atoms with Crippen molar-refractivity contribution in [2.75, 3.05) is 0 Å². The molecule has 3 heterocycles. The third kappa shape index (κ3) is 1.32. The summed E-state index contributed by atoms with van der Waals surface area (Å²) < 4.78 is 1.87. The van der Waals surface area contributed by atoms with Crippen LogP contribution in [0.4, 0.5) is 0 Å². The first-order valence-corrected chi connectivity index (χ1v) is 6.10. The monoisotopic (exact) mass is 234 g/mol. The highest BCUT2D eigenvalue weighted by atomic mass is 32.1. The van der Waals surface area contributed by atoms with Gasteiger partial charge in [0.15, 0.2) is 0 Å². The average Bonchev–Trinajstić information content (AvgIpc) is 2.94. The predicted molar refractivity (Wildman–Crippen MR) is 60.8 cm³/mol. The van der Waals surface area contributed by atoms with Crippen LogP contribution in [0.5, 0.6) is 0 Å². The molecule has 0 bridgehead atoms. The largest absolute Gasteiger partial charge is 0.296 e. The molecule has 0 saturated heterocycles. The molecular formula is C10H6N2OS2. The third-order valence-electron chi connectivity index (χ3n) is 2.11. The maximum Gasteiger partial charge on any atom is 0.224 e. The number of thiophene rings is 1. The number of carbonyl (C=O) groups is 1. The summed E-state index contributed by atoms with van der Waals surface area (Å²) >= 11 is 2.98. The summed E-state index contributed by atoms with van der Waals surface area (Å²) in [6, 6.07) is 3.70. The van der Waals surface area contributed by atoms with Crippen molar-refractivity contribution >= 4 is 33.3 Å². The van der Waals surface area contributed by atoms with Gasteiger partial charge >= 0.3 is 0 Å². The Kier molecular flexibility index (Phi) is 1.93. The van der Waals surface area contributed by atoms with Crippen molar-refractivity contribution in [1.82, 2.24) is 9.38 Å². The van der Waals surface area contributed by atoms with Gasteiger partial charge in [0.1, 0.15) is 16.9 Å². The normalized spacial score (nSPS) is 10.9. The van der Waals surface area contributed by atoms with E-state index in [1.807, 2.05) is 33.5 Å². The highest BCUT2D eigenvalue weighted by molar-refractivity contribution is 7.16. The highest BCUT2D eigenvalue weighted by Gasteiger charge is 2.16. The van der Waals surface area contributed by atoms with E-state index < -0.39 is 0 Å². The molecule has 0 saturated carbocycles. The van der Waals surface area contributed by atoms with E-state index in [1.165, 1.54) is 22.7 Å². The van der Waals surface area contributed by atoms with E-state index in [1.54, 1.807) is 6.33 Å². The molecule has 0 radical (unpaired) electrons. The second-order valence-corrected chi connectivity index (χ2v) is 4.86. The number of imidazole rings is 1. The maximum atomic E-state index is 12.0. The lowest BCUT2D eigenvalue weighted by atomic mass is 10.2. The number of ketones is 1. The first kappa shape index (κ1) is 8.82. The molecule has 0 N–H and O–H groups in total. The summed E-state index contributed by atoms with van der Waals surface area (Å²) in [6.07, 6.45) is 3.57. The zero-order valence-corrected chi connectivity index (χ0v) is 9.22. The second-order valence-electron chi connectivity index (χ2n) is 3.02. The SMILES string of the molecule is O=C(c1cccs1)c1ncn2ccsc12. The topological polar surface area (TPSA) is 34.4 Å². The number of nitrogens with zero attached hydrogens (tertiary/aromatic N) is 2. The van der Waals surface area contributed by atoms with E-state index in [-0.39, 0.29) is 5.78 Å². The Bertz CT molecular complexity index is 606. The summed E-state index contributed by atoms with van der Waals surface area (Å²) in [4.78, 5) is 17.8. The van der Waals surface area contributed by atoms with Crippen LogP contribution in [0.15, 0.2) is 35.4 Å². The summed E-state index contributed by atoms with van der Waals surface area (Å²) in [6.45, 7) is 0. The number of hydrogen-bond acceptors (Lipinski definition) is 4. The first-order valence-electron chi connectivity index (χ1n) is 4.34. The van der Waals surface area contributed by atoms with E-state index in [2.05, 4.69) is 4.98 Å². The minimum Gasteiger partial charge on any atom is -0.296 e. The van der Waals surface area contributed by atoms with Gasteiger partial charge < -0.3 is 0 Å². The Labute approximate surface area is 93.6 Å². The van der Waals surface area contributed by atoms with Crippen LogP contribution in [0.25, 0.3) is 4.83 Å². The van der Waals surface area contributed by atoms with Crippen LogP contribution in [-0.2, 0) is 0 Å². The Hall–Kier alpha value is -1.46. The van der Waals surface area contributed by atoms with Gasteiger partial charge in [-0.1, -0.05) is 6.07 Å². The van der Waals surface area contributed by atoms with E-state index >= 15 is 0 Å². The number of carbonyl (C=O) groups excluding carboxylic acids is 1. The van der Waals surface area contributed by atoms with Crippen LogP contribution in [0.3, 0.4) is 0 Å². The highest BCUT2D eigenvalue weighted by Crippen LogP contribution is 2.21.